The van der Waals surface area contributed by atoms with Crippen molar-refractivity contribution in [3.05, 3.63) is 33.6 Å². The van der Waals surface area contributed by atoms with Crippen LogP contribution in [-0.2, 0) is 0 Å². The van der Waals surface area contributed by atoms with Crippen molar-refractivity contribution in [3.8, 4) is 11.1 Å². The van der Waals surface area contributed by atoms with E-state index in [2.05, 4.69) is 26.1 Å². The average molecular weight is 291 g/mol. The first kappa shape index (κ1) is 10.4. The molecule has 0 radical (unpaired) electrons. The number of halogens is 3. The van der Waals surface area contributed by atoms with E-state index in [1.807, 2.05) is 0 Å². The molecule has 0 aliphatic carbocycles. The minimum Gasteiger partial charge on any atom is -0.384 e. The maximum absolute atomic E-state index is 13.4. The second-order valence-electron chi connectivity index (χ2n) is 2.95. The fraction of sp³-hybridized carbons (Fsp3) is 0. The smallest absolute Gasteiger partial charge is 0.139 e. The zero-order chi connectivity index (χ0) is 11.0. The van der Waals surface area contributed by atoms with Crippen molar-refractivity contribution in [1.82, 2.24) is 10.2 Å². The molecule has 3 N–H and O–H groups in total. The van der Waals surface area contributed by atoms with Crippen LogP contribution in [-0.4, -0.2) is 10.2 Å². The summed E-state index contributed by atoms with van der Waals surface area (Å²) in [5.41, 5.74) is 6.83. The van der Waals surface area contributed by atoms with Crippen LogP contribution in [0.2, 0.25) is 5.02 Å². The van der Waals surface area contributed by atoms with Gasteiger partial charge in [-0.15, -0.1) is 0 Å². The highest BCUT2D eigenvalue weighted by molar-refractivity contribution is 9.10. The van der Waals surface area contributed by atoms with E-state index in [0.29, 0.717) is 22.0 Å². The molecule has 0 fully saturated rings. The van der Waals surface area contributed by atoms with Gasteiger partial charge in [0.05, 0.1) is 15.7 Å². The third-order valence-electron chi connectivity index (χ3n) is 1.96. The largest absolute Gasteiger partial charge is 0.384 e. The van der Waals surface area contributed by atoms with E-state index in [9.17, 15) is 4.39 Å². The molecule has 0 spiro atoms. The van der Waals surface area contributed by atoms with Crippen LogP contribution in [0.4, 0.5) is 10.2 Å². The predicted octanol–water partition coefficient (Wildman–Crippen LogP) is 3.21. The van der Waals surface area contributed by atoms with Gasteiger partial charge in [-0.2, -0.15) is 5.10 Å². The summed E-state index contributed by atoms with van der Waals surface area (Å²) in [6.07, 6.45) is 1.52. The molecule has 1 heterocycles. The number of nitrogens with zero attached hydrogens (tertiary/aromatic N) is 1. The SMILES string of the molecule is Nc1[nH]ncc1-c1cc(F)c(Br)c(Cl)c1. The normalized spacial score (nSPS) is 10.6. The summed E-state index contributed by atoms with van der Waals surface area (Å²) in [5, 5.41) is 6.62. The number of benzene rings is 1. The van der Waals surface area contributed by atoms with Crippen LogP contribution >= 0.6 is 27.5 Å². The second-order valence-corrected chi connectivity index (χ2v) is 4.15. The molecule has 1 aromatic heterocycles. The van der Waals surface area contributed by atoms with Gasteiger partial charge in [-0.25, -0.2) is 4.39 Å². The minimum absolute atomic E-state index is 0.245. The van der Waals surface area contributed by atoms with Gasteiger partial charge in [-0.05, 0) is 33.6 Å². The summed E-state index contributed by atoms with van der Waals surface area (Å²) in [7, 11) is 0. The predicted molar refractivity (Wildman–Crippen MR) is 61.1 cm³/mol. The highest BCUT2D eigenvalue weighted by atomic mass is 79.9. The van der Waals surface area contributed by atoms with Gasteiger partial charge in [0.25, 0.3) is 0 Å². The molecule has 6 heteroatoms. The Kier molecular flexibility index (Phi) is 2.67. The fourth-order valence-corrected chi connectivity index (χ4v) is 1.67. The van der Waals surface area contributed by atoms with Gasteiger partial charge < -0.3 is 5.73 Å². The molecule has 0 saturated carbocycles. The highest BCUT2D eigenvalue weighted by Gasteiger charge is 2.11. The Morgan fingerprint density at radius 3 is 2.73 bits per heavy atom. The summed E-state index contributed by atoms with van der Waals surface area (Å²) < 4.78 is 13.6. The Morgan fingerprint density at radius 1 is 1.47 bits per heavy atom. The monoisotopic (exact) mass is 289 g/mol. The number of H-pyrrole nitrogens is 1. The molecule has 2 aromatic rings. The maximum atomic E-state index is 13.4. The number of anilines is 1. The molecule has 78 valence electrons. The molecule has 2 rings (SSSR count). The minimum atomic E-state index is -0.432. The summed E-state index contributed by atoms with van der Waals surface area (Å²) in [6, 6.07) is 2.97. The average Bonchev–Trinajstić information content (AvgIpc) is 2.60. The molecule has 0 aliphatic rings. The summed E-state index contributed by atoms with van der Waals surface area (Å²) in [5.74, 6) is -0.0501. The quantitative estimate of drug-likeness (QED) is 0.792. The van der Waals surface area contributed by atoms with E-state index in [4.69, 9.17) is 17.3 Å². The first-order valence-corrected chi connectivity index (χ1v) is 5.20. The van der Waals surface area contributed by atoms with Gasteiger partial charge in [0.15, 0.2) is 0 Å². The lowest BCUT2D eigenvalue weighted by Crippen LogP contribution is -1.89. The van der Waals surface area contributed by atoms with E-state index in [-0.39, 0.29) is 4.47 Å². The number of rotatable bonds is 1. The molecule has 0 atom stereocenters. The van der Waals surface area contributed by atoms with E-state index in [1.165, 1.54) is 12.3 Å². The number of nitrogens with one attached hydrogen (secondary N) is 1. The third kappa shape index (κ3) is 1.85. The van der Waals surface area contributed by atoms with E-state index >= 15 is 0 Å². The number of hydrogen-bond acceptors (Lipinski definition) is 2. The van der Waals surface area contributed by atoms with Crippen molar-refractivity contribution in [3.63, 3.8) is 0 Å². The lowest BCUT2D eigenvalue weighted by molar-refractivity contribution is 0.622. The molecule has 1 aromatic carbocycles. The number of aromatic nitrogens is 2. The van der Waals surface area contributed by atoms with Crippen LogP contribution in [0.5, 0.6) is 0 Å². The van der Waals surface area contributed by atoms with Crippen molar-refractivity contribution >= 4 is 33.3 Å². The fourth-order valence-electron chi connectivity index (χ4n) is 1.24. The first-order chi connectivity index (χ1) is 7.09. The van der Waals surface area contributed by atoms with Crippen molar-refractivity contribution < 1.29 is 4.39 Å². The zero-order valence-corrected chi connectivity index (χ0v) is 9.73. The summed E-state index contributed by atoms with van der Waals surface area (Å²) >= 11 is 8.86. The third-order valence-corrected chi connectivity index (χ3v) is 3.30. The molecule has 0 bridgehead atoms. The maximum Gasteiger partial charge on any atom is 0.139 e. The second kappa shape index (κ2) is 3.83. The highest BCUT2D eigenvalue weighted by Crippen LogP contribution is 2.32. The lowest BCUT2D eigenvalue weighted by atomic mass is 10.1. The molecule has 0 amide bonds. The van der Waals surface area contributed by atoms with Crippen LogP contribution in [0.3, 0.4) is 0 Å². The molecular weight excluding hydrogens is 284 g/mol. The number of aromatic amines is 1. The molecule has 0 unspecified atom stereocenters. The van der Waals surface area contributed by atoms with Crippen molar-refractivity contribution in [2.45, 2.75) is 0 Å². The van der Waals surface area contributed by atoms with Crippen molar-refractivity contribution in [2.24, 2.45) is 0 Å². The van der Waals surface area contributed by atoms with Gasteiger partial charge in [-0.1, -0.05) is 11.6 Å². The van der Waals surface area contributed by atoms with Crippen LogP contribution in [0.25, 0.3) is 11.1 Å². The number of nitrogen functional groups attached to an aromatic ring is 1. The summed E-state index contributed by atoms with van der Waals surface area (Å²) in [6.45, 7) is 0. The molecule has 0 saturated heterocycles. The van der Waals surface area contributed by atoms with Crippen molar-refractivity contribution in [1.29, 1.82) is 0 Å². The zero-order valence-electron chi connectivity index (χ0n) is 7.39. The van der Waals surface area contributed by atoms with E-state index < -0.39 is 5.82 Å². The molecule has 3 nitrogen and oxygen atoms in total. The number of nitrogens with two attached hydrogens (primary N) is 1. The lowest BCUT2D eigenvalue weighted by Gasteiger charge is -2.03. The Balaban J connectivity index is 2.60. The van der Waals surface area contributed by atoms with Crippen LogP contribution < -0.4 is 5.73 Å². The number of hydrogen-bond donors (Lipinski definition) is 2. The van der Waals surface area contributed by atoms with E-state index in [1.54, 1.807) is 6.07 Å². The van der Waals surface area contributed by atoms with Gasteiger partial charge >= 0.3 is 0 Å². The Bertz CT molecular complexity index is 489. The van der Waals surface area contributed by atoms with Gasteiger partial charge in [0.2, 0.25) is 0 Å². The van der Waals surface area contributed by atoms with E-state index in [0.717, 1.165) is 0 Å². The van der Waals surface area contributed by atoms with Crippen molar-refractivity contribution in [2.75, 3.05) is 5.73 Å². The molecular formula is C9H6BrClFN3. The van der Waals surface area contributed by atoms with Gasteiger partial charge in [0, 0.05) is 5.56 Å². The summed E-state index contributed by atoms with van der Waals surface area (Å²) in [4.78, 5) is 0. The van der Waals surface area contributed by atoms with Crippen LogP contribution in [0.15, 0.2) is 22.8 Å². The standard InChI is InChI=1S/C9H6BrClFN3/c10-8-6(11)1-4(2-7(8)12)5-3-14-15-9(5)13/h1-3H,(H3,13,14,15). The molecule has 0 aliphatic heterocycles. The van der Waals surface area contributed by atoms with Gasteiger partial charge in [0.1, 0.15) is 11.6 Å². The first-order valence-electron chi connectivity index (χ1n) is 4.03. The van der Waals surface area contributed by atoms with Crippen LogP contribution in [0.1, 0.15) is 0 Å². The Morgan fingerprint density at radius 2 is 2.20 bits per heavy atom. The Hall–Kier alpha value is -1.07. The Labute approximate surface area is 98.6 Å². The van der Waals surface area contributed by atoms with Crippen LogP contribution in [0, 0.1) is 5.82 Å². The topological polar surface area (TPSA) is 54.7 Å². The van der Waals surface area contributed by atoms with Gasteiger partial charge in [-0.3, -0.25) is 5.10 Å². The molecule has 15 heavy (non-hydrogen) atoms.